The third-order valence-electron chi connectivity index (χ3n) is 2.61. The third-order valence-corrected chi connectivity index (χ3v) is 2.81. The highest BCUT2D eigenvalue weighted by molar-refractivity contribution is 7.80. The van der Waals surface area contributed by atoms with Crippen molar-refractivity contribution in [3.63, 3.8) is 0 Å². The van der Waals surface area contributed by atoms with Crippen molar-refractivity contribution in [3.05, 3.63) is 0 Å². The molecule has 0 amide bonds. The van der Waals surface area contributed by atoms with Gasteiger partial charge in [0.25, 0.3) is 0 Å². The quantitative estimate of drug-likeness (QED) is 0.716. The van der Waals surface area contributed by atoms with Gasteiger partial charge in [-0.25, -0.2) is 0 Å². The van der Waals surface area contributed by atoms with Gasteiger partial charge in [0.2, 0.25) is 0 Å². The molecule has 0 saturated carbocycles. The molecule has 2 N–H and O–H groups in total. The summed E-state index contributed by atoms with van der Waals surface area (Å²) in [6.07, 6.45) is 2.27. The molecule has 4 heteroatoms. The molecule has 1 fully saturated rings. The second-order valence-corrected chi connectivity index (χ2v) is 4.58. The van der Waals surface area contributed by atoms with Crippen LogP contribution in [0.25, 0.3) is 0 Å². The second-order valence-electron chi connectivity index (χ2n) is 4.06. The molecule has 1 saturated heterocycles. The molecule has 0 bridgehead atoms. The predicted octanol–water partition coefficient (Wildman–Crippen LogP) is 1.16. The Bertz CT molecular complexity index is 199. The Kier molecular flexibility index (Phi) is 4.78. The van der Waals surface area contributed by atoms with E-state index in [0.717, 1.165) is 32.5 Å². The summed E-state index contributed by atoms with van der Waals surface area (Å²) in [5.74, 6) is 0. The standard InChI is InChI=1S/C10H20N2OS/c1-8-7-13-9(2)6-12(8)5-3-4-10(11)14/h8-9H,3-7H2,1-2H3,(H2,11,14). The maximum Gasteiger partial charge on any atom is 0.0727 e. The fourth-order valence-electron chi connectivity index (χ4n) is 1.74. The first kappa shape index (κ1) is 11.9. The molecule has 2 atom stereocenters. The van der Waals surface area contributed by atoms with Crippen molar-refractivity contribution in [1.82, 2.24) is 4.90 Å². The minimum absolute atomic E-state index is 0.357. The lowest BCUT2D eigenvalue weighted by atomic mass is 10.2. The number of nitrogens with zero attached hydrogens (tertiary/aromatic N) is 1. The Morgan fingerprint density at radius 1 is 1.57 bits per heavy atom. The van der Waals surface area contributed by atoms with Gasteiger partial charge in [0.15, 0.2) is 0 Å². The summed E-state index contributed by atoms with van der Waals surface area (Å²) < 4.78 is 5.56. The average Bonchev–Trinajstić information content (AvgIpc) is 2.10. The largest absolute Gasteiger partial charge is 0.393 e. The molecule has 1 rings (SSSR count). The van der Waals surface area contributed by atoms with Gasteiger partial charge < -0.3 is 10.5 Å². The van der Waals surface area contributed by atoms with Crippen LogP contribution in [-0.4, -0.2) is 41.7 Å². The smallest absolute Gasteiger partial charge is 0.0727 e. The number of ether oxygens (including phenoxy) is 1. The molecule has 0 spiro atoms. The van der Waals surface area contributed by atoms with E-state index in [4.69, 9.17) is 22.7 Å². The number of nitrogens with two attached hydrogens (primary N) is 1. The molecular formula is C10H20N2OS. The van der Waals surface area contributed by atoms with Crippen LogP contribution in [0.5, 0.6) is 0 Å². The van der Waals surface area contributed by atoms with E-state index in [1.54, 1.807) is 0 Å². The Labute approximate surface area is 91.6 Å². The van der Waals surface area contributed by atoms with E-state index in [-0.39, 0.29) is 0 Å². The number of rotatable bonds is 4. The van der Waals surface area contributed by atoms with E-state index >= 15 is 0 Å². The van der Waals surface area contributed by atoms with Crippen molar-refractivity contribution >= 4 is 17.2 Å². The van der Waals surface area contributed by atoms with Crippen LogP contribution in [0.3, 0.4) is 0 Å². The van der Waals surface area contributed by atoms with Gasteiger partial charge in [-0.1, -0.05) is 12.2 Å². The molecule has 0 aromatic rings. The molecule has 0 radical (unpaired) electrons. The average molecular weight is 216 g/mol. The molecule has 14 heavy (non-hydrogen) atoms. The van der Waals surface area contributed by atoms with Gasteiger partial charge >= 0.3 is 0 Å². The summed E-state index contributed by atoms with van der Waals surface area (Å²) in [5.41, 5.74) is 5.46. The van der Waals surface area contributed by atoms with Crippen molar-refractivity contribution in [3.8, 4) is 0 Å². The highest BCUT2D eigenvalue weighted by Gasteiger charge is 2.22. The minimum Gasteiger partial charge on any atom is -0.393 e. The molecule has 3 nitrogen and oxygen atoms in total. The minimum atomic E-state index is 0.357. The maximum absolute atomic E-state index is 5.56. The van der Waals surface area contributed by atoms with Crippen LogP contribution in [-0.2, 0) is 4.74 Å². The van der Waals surface area contributed by atoms with Crippen molar-refractivity contribution in [2.24, 2.45) is 5.73 Å². The first-order chi connectivity index (χ1) is 6.59. The number of morpholine rings is 1. The molecule has 2 unspecified atom stereocenters. The molecule has 0 aromatic carbocycles. The Morgan fingerprint density at radius 3 is 2.93 bits per heavy atom. The molecule has 1 heterocycles. The van der Waals surface area contributed by atoms with E-state index in [2.05, 4.69) is 18.7 Å². The lowest BCUT2D eigenvalue weighted by Crippen LogP contribution is -2.47. The lowest BCUT2D eigenvalue weighted by Gasteiger charge is -2.36. The van der Waals surface area contributed by atoms with E-state index in [1.807, 2.05) is 0 Å². The SMILES string of the molecule is CC1CN(CCCC(N)=S)C(C)CO1. The zero-order chi connectivity index (χ0) is 10.6. The van der Waals surface area contributed by atoms with E-state index < -0.39 is 0 Å². The van der Waals surface area contributed by atoms with Crippen LogP contribution >= 0.6 is 12.2 Å². The van der Waals surface area contributed by atoms with Gasteiger partial charge in [-0.05, 0) is 33.2 Å². The number of hydrogen-bond acceptors (Lipinski definition) is 3. The first-order valence-corrected chi connectivity index (χ1v) is 5.64. The monoisotopic (exact) mass is 216 g/mol. The Hall–Kier alpha value is -0.190. The highest BCUT2D eigenvalue weighted by Crippen LogP contribution is 2.11. The van der Waals surface area contributed by atoms with Crippen molar-refractivity contribution in [2.45, 2.75) is 38.8 Å². The van der Waals surface area contributed by atoms with Gasteiger partial charge in [0, 0.05) is 12.6 Å². The third kappa shape index (κ3) is 3.90. The summed E-state index contributed by atoms with van der Waals surface area (Å²) in [6, 6.07) is 0.526. The van der Waals surface area contributed by atoms with Gasteiger partial charge in [0.05, 0.1) is 17.7 Å². The normalized spacial score (nSPS) is 29.0. The number of thiocarbonyl (C=S) groups is 1. The lowest BCUT2D eigenvalue weighted by molar-refractivity contribution is -0.0493. The van der Waals surface area contributed by atoms with Crippen LogP contribution < -0.4 is 5.73 Å². The fraction of sp³-hybridized carbons (Fsp3) is 0.900. The van der Waals surface area contributed by atoms with E-state index in [1.165, 1.54) is 0 Å². The molecule has 1 aliphatic rings. The first-order valence-electron chi connectivity index (χ1n) is 5.23. The Balaban J connectivity index is 2.24. The summed E-state index contributed by atoms with van der Waals surface area (Å²) >= 11 is 4.85. The highest BCUT2D eigenvalue weighted by atomic mass is 32.1. The summed E-state index contributed by atoms with van der Waals surface area (Å²) in [7, 11) is 0. The molecule has 82 valence electrons. The van der Waals surface area contributed by atoms with Crippen molar-refractivity contribution < 1.29 is 4.74 Å². The van der Waals surface area contributed by atoms with Crippen LogP contribution in [0.1, 0.15) is 26.7 Å². The van der Waals surface area contributed by atoms with Gasteiger partial charge in [-0.3, -0.25) is 4.90 Å². The topological polar surface area (TPSA) is 38.5 Å². The van der Waals surface area contributed by atoms with E-state index in [0.29, 0.717) is 17.1 Å². The summed E-state index contributed by atoms with van der Waals surface area (Å²) in [5, 5.41) is 0. The van der Waals surface area contributed by atoms with Gasteiger partial charge in [-0.15, -0.1) is 0 Å². The van der Waals surface area contributed by atoms with Gasteiger partial charge in [0.1, 0.15) is 0 Å². The molecule has 0 aliphatic carbocycles. The second kappa shape index (κ2) is 5.63. The summed E-state index contributed by atoms with van der Waals surface area (Å²) in [6.45, 7) is 7.26. The van der Waals surface area contributed by atoms with Crippen LogP contribution in [0.15, 0.2) is 0 Å². The van der Waals surface area contributed by atoms with Crippen molar-refractivity contribution in [2.75, 3.05) is 19.7 Å². The van der Waals surface area contributed by atoms with E-state index in [9.17, 15) is 0 Å². The zero-order valence-corrected chi connectivity index (χ0v) is 9.85. The number of hydrogen-bond donors (Lipinski definition) is 1. The molecule has 1 aliphatic heterocycles. The molecular weight excluding hydrogens is 196 g/mol. The van der Waals surface area contributed by atoms with Crippen LogP contribution in [0.2, 0.25) is 0 Å². The Morgan fingerprint density at radius 2 is 2.29 bits per heavy atom. The van der Waals surface area contributed by atoms with Crippen molar-refractivity contribution in [1.29, 1.82) is 0 Å². The molecule has 0 aromatic heterocycles. The maximum atomic E-state index is 5.56. The summed E-state index contributed by atoms with van der Waals surface area (Å²) in [4.78, 5) is 3.07. The van der Waals surface area contributed by atoms with Crippen LogP contribution in [0.4, 0.5) is 0 Å². The fourth-order valence-corrected chi connectivity index (χ4v) is 1.88. The van der Waals surface area contributed by atoms with Gasteiger partial charge in [-0.2, -0.15) is 0 Å². The van der Waals surface area contributed by atoms with Crippen LogP contribution in [0, 0.1) is 0 Å². The predicted molar refractivity (Wildman–Crippen MR) is 62.5 cm³/mol. The zero-order valence-electron chi connectivity index (χ0n) is 9.03.